The molecule has 2 N–H and O–H groups in total. The number of rotatable bonds is 16. The SMILES string of the molecule is C[C@H](CCOc1cccc(CCNCC(=O)O)c1)N(Cc1cccc(C(F)(F)F)c1Cl)CC(c1ccccc1)c1ccccc1. The molecule has 0 aliphatic rings. The number of aliphatic carboxylic acids is 1. The summed E-state index contributed by atoms with van der Waals surface area (Å²) < 4.78 is 47.2. The highest BCUT2D eigenvalue weighted by atomic mass is 35.5. The Morgan fingerprint density at radius 1 is 0.933 bits per heavy atom. The van der Waals surface area contributed by atoms with Gasteiger partial charge < -0.3 is 15.2 Å². The van der Waals surface area contributed by atoms with Gasteiger partial charge in [0.25, 0.3) is 0 Å². The molecule has 0 saturated carbocycles. The van der Waals surface area contributed by atoms with Crippen molar-refractivity contribution in [3.8, 4) is 5.75 Å². The van der Waals surface area contributed by atoms with Gasteiger partial charge in [0.2, 0.25) is 0 Å². The molecule has 45 heavy (non-hydrogen) atoms. The number of hydrogen-bond donors (Lipinski definition) is 2. The molecule has 0 radical (unpaired) electrons. The van der Waals surface area contributed by atoms with Crippen LogP contribution in [0.15, 0.2) is 103 Å². The molecule has 0 heterocycles. The van der Waals surface area contributed by atoms with Crippen LogP contribution in [-0.4, -0.2) is 48.3 Å². The summed E-state index contributed by atoms with van der Waals surface area (Å²) in [7, 11) is 0. The number of carboxylic acids is 1. The minimum absolute atomic E-state index is 0.0215. The van der Waals surface area contributed by atoms with Crippen LogP contribution in [0.2, 0.25) is 5.02 Å². The number of benzene rings is 4. The minimum atomic E-state index is -4.55. The lowest BCUT2D eigenvalue weighted by Crippen LogP contribution is -2.37. The first kappa shape index (κ1) is 34.0. The maximum absolute atomic E-state index is 13.7. The first-order valence-corrected chi connectivity index (χ1v) is 15.3. The highest BCUT2D eigenvalue weighted by molar-refractivity contribution is 6.32. The molecule has 0 bridgehead atoms. The van der Waals surface area contributed by atoms with Crippen molar-refractivity contribution in [3.05, 3.63) is 136 Å². The monoisotopic (exact) mass is 638 g/mol. The zero-order chi connectivity index (χ0) is 32.2. The molecule has 0 aliphatic carbocycles. The third-order valence-electron chi connectivity index (χ3n) is 7.77. The van der Waals surface area contributed by atoms with E-state index in [4.69, 9.17) is 21.4 Å². The molecule has 0 aliphatic heterocycles. The molecule has 4 aromatic carbocycles. The van der Waals surface area contributed by atoms with Gasteiger partial charge in [0, 0.05) is 25.0 Å². The van der Waals surface area contributed by atoms with E-state index in [0.29, 0.717) is 43.9 Å². The fourth-order valence-corrected chi connectivity index (χ4v) is 5.59. The summed E-state index contributed by atoms with van der Waals surface area (Å²) in [5, 5.41) is 11.4. The molecule has 4 aromatic rings. The van der Waals surface area contributed by atoms with Gasteiger partial charge in [0.1, 0.15) is 5.75 Å². The Morgan fingerprint density at radius 2 is 1.58 bits per heavy atom. The molecular weight excluding hydrogens is 601 g/mol. The van der Waals surface area contributed by atoms with Crippen molar-refractivity contribution in [1.82, 2.24) is 10.2 Å². The summed E-state index contributed by atoms with van der Waals surface area (Å²) in [6.45, 7) is 3.69. The van der Waals surface area contributed by atoms with Crippen molar-refractivity contribution in [3.63, 3.8) is 0 Å². The van der Waals surface area contributed by atoms with Gasteiger partial charge >= 0.3 is 12.1 Å². The lowest BCUT2D eigenvalue weighted by atomic mass is 9.90. The molecule has 9 heteroatoms. The van der Waals surface area contributed by atoms with Crippen molar-refractivity contribution >= 4 is 17.6 Å². The van der Waals surface area contributed by atoms with E-state index < -0.39 is 17.7 Å². The molecule has 1 atom stereocenters. The second-order valence-corrected chi connectivity index (χ2v) is 11.4. The van der Waals surface area contributed by atoms with E-state index in [0.717, 1.165) is 22.8 Å². The summed E-state index contributed by atoms with van der Waals surface area (Å²) in [4.78, 5) is 12.9. The van der Waals surface area contributed by atoms with Gasteiger partial charge in [-0.3, -0.25) is 9.69 Å². The average molecular weight is 639 g/mol. The molecule has 238 valence electrons. The average Bonchev–Trinajstić information content (AvgIpc) is 3.02. The molecule has 0 fully saturated rings. The Labute approximate surface area is 267 Å². The Kier molecular flexibility index (Phi) is 12.4. The van der Waals surface area contributed by atoms with Crippen LogP contribution in [0.25, 0.3) is 0 Å². The fraction of sp³-hybridized carbons (Fsp3) is 0.306. The number of nitrogens with zero attached hydrogens (tertiary/aromatic N) is 1. The van der Waals surface area contributed by atoms with Gasteiger partial charge in [-0.1, -0.05) is 96.5 Å². The van der Waals surface area contributed by atoms with E-state index in [1.54, 1.807) is 6.07 Å². The standard InChI is InChI=1S/C36H38ClF3N2O3/c1-26(19-21-45-31-16-8-10-27(22-31)18-20-41-23-34(43)44)42(24-30-15-9-17-33(35(30)37)36(38,39)40)25-32(28-11-4-2-5-12-28)29-13-6-3-7-14-29/h2-17,22,26,32,41H,18-21,23-25H2,1H3,(H,43,44)/t26-/m1/s1. The number of halogens is 4. The Morgan fingerprint density at radius 3 is 2.20 bits per heavy atom. The molecule has 4 rings (SSSR count). The van der Waals surface area contributed by atoms with Gasteiger partial charge in [-0.2, -0.15) is 13.2 Å². The van der Waals surface area contributed by atoms with Crippen LogP contribution in [0.4, 0.5) is 13.2 Å². The highest BCUT2D eigenvalue weighted by Crippen LogP contribution is 2.37. The van der Waals surface area contributed by atoms with Crippen LogP contribution >= 0.6 is 11.6 Å². The Bertz CT molecular complexity index is 1460. The number of alkyl halides is 3. The summed E-state index contributed by atoms with van der Waals surface area (Å²) in [6, 6.07) is 31.9. The second-order valence-electron chi connectivity index (χ2n) is 11.0. The molecule has 0 unspecified atom stereocenters. The molecule has 0 saturated heterocycles. The van der Waals surface area contributed by atoms with Crippen molar-refractivity contribution in [2.75, 3.05) is 26.2 Å². The van der Waals surface area contributed by atoms with Crippen LogP contribution in [0.1, 0.15) is 47.1 Å². The number of nitrogens with one attached hydrogen (secondary N) is 1. The third kappa shape index (κ3) is 10.3. The number of ether oxygens (including phenoxy) is 1. The Balaban J connectivity index is 1.52. The van der Waals surface area contributed by atoms with Crippen LogP contribution in [0.5, 0.6) is 5.75 Å². The van der Waals surface area contributed by atoms with Crippen LogP contribution in [-0.2, 0) is 23.9 Å². The van der Waals surface area contributed by atoms with E-state index >= 15 is 0 Å². The van der Waals surface area contributed by atoms with Crippen LogP contribution in [0, 0.1) is 0 Å². The van der Waals surface area contributed by atoms with E-state index in [1.165, 1.54) is 6.07 Å². The number of hydrogen-bond acceptors (Lipinski definition) is 4. The zero-order valence-electron chi connectivity index (χ0n) is 25.1. The van der Waals surface area contributed by atoms with Gasteiger partial charge in [-0.25, -0.2) is 0 Å². The number of carboxylic acid groups (broad SMARTS) is 1. The van der Waals surface area contributed by atoms with E-state index in [2.05, 4.69) is 41.4 Å². The van der Waals surface area contributed by atoms with Gasteiger partial charge in [-0.15, -0.1) is 0 Å². The maximum atomic E-state index is 13.7. The molecule has 0 amide bonds. The first-order valence-electron chi connectivity index (χ1n) is 14.9. The van der Waals surface area contributed by atoms with E-state index in [1.807, 2.05) is 60.7 Å². The summed E-state index contributed by atoms with van der Waals surface area (Å²) >= 11 is 6.37. The zero-order valence-corrected chi connectivity index (χ0v) is 25.9. The lowest BCUT2D eigenvalue weighted by Gasteiger charge is -2.34. The second kappa shape index (κ2) is 16.5. The summed E-state index contributed by atoms with van der Waals surface area (Å²) in [5.74, 6) is -0.215. The normalized spacial score (nSPS) is 12.4. The number of carbonyl (C=O) groups is 1. The van der Waals surface area contributed by atoms with Gasteiger partial charge in [0.15, 0.2) is 0 Å². The topological polar surface area (TPSA) is 61.8 Å². The van der Waals surface area contributed by atoms with Crippen LogP contribution < -0.4 is 10.1 Å². The van der Waals surface area contributed by atoms with Crippen molar-refractivity contribution in [2.24, 2.45) is 0 Å². The molecule has 0 aromatic heterocycles. The molecule has 0 spiro atoms. The quantitative estimate of drug-likeness (QED) is 0.122. The maximum Gasteiger partial charge on any atom is 0.417 e. The molecular formula is C36H38ClF3N2O3. The first-order chi connectivity index (χ1) is 21.6. The van der Waals surface area contributed by atoms with Gasteiger partial charge in [0.05, 0.1) is 23.7 Å². The lowest BCUT2D eigenvalue weighted by molar-refractivity contribution is -0.138. The smallest absolute Gasteiger partial charge is 0.417 e. The predicted octanol–water partition coefficient (Wildman–Crippen LogP) is 8.07. The largest absolute Gasteiger partial charge is 0.494 e. The van der Waals surface area contributed by atoms with Gasteiger partial charge in [-0.05, 0) is 66.8 Å². The fourth-order valence-electron chi connectivity index (χ4n) is 5.30. The highest BCUT2D eigenvalue weighted by Gasteiger charge is 2.34. The van der Waals surface area contributed by atoms with E-state index in [9.17, 15) is 18.0 Å². The summed E-state index contributed by atoms with van der Waals surface area (Å²) in [6.07, 6.45) is -3.26. The minimum Gasteiger partial charge on any atom is -0.494 e. The molecule has 5 nitrogen and oxygen atoms in total. The third-order valence-corrected chi connectivity index (χ3v) is 8.22. The van der Waals surface area contributed by atoms with Crippen molar-refractivity contribution < 1.29 is 27.8 Å². The predicted molar refractivity (Wildman–Crippen MR) is 172 cm³/mol. The van der Waals surface area contributed by atoms with E-state index in [-0.39, 0.29) is 30.1 Å². The van der Waals surface area contributed by atoms with Crippen molar-refractivity contribution in [1.29, 1.82) is 0 Å². The summed E-state index contributed by atoms with van der Waals surface area (Å²) in [5.41, 5.74) is 2.83. The van der Waals surface area contributed by atoms with Crippen LogP contribution in [0.3, 0.4) is 0 Å². The Hall–Kier alpha value is -3.85. The van der Waals surface area contributed by atoms with Crippen molar-refractivity contribution in [2.45, 2.75) is 44.4 Å².